The smallest absolute Gasteiger partial charge is 0.233 e. The molecule has 1 aliphatic heterocycles. The predicted molar refractivity (Wildman–Crippen MR) is 115 cm³/mol. The van der Waals surface area contributed by atoms with Gasteiger partial charge < -0.3 is 15.4 Å². The summed E-state index contributed by atoms with van der Waals surface area (Å²) >= 11 is 0. The number of aliphatic imine (C=N–C) groups is 1. The first-order valence-electron chi connectivity index (χ1n) is 9.72. The molecule has 3 aliphatic rings. The molecule has 0 aromatic rings. The number of imide groups is 1. The van der Waals surface area contributed by atoms with E-state index in [9.17, 15) is 9.59 Å². The van der Waals surface area contributed by atoms with Crippen LogP contribution in [0.3, 0.4) is 0 Å². The van der Waals surface area contributed by atoms with Crippen molar-refractivity contribution in [1.29, 1.82) is 0 Å². The van der Waals surface area contributed by atoms with Crippen molar-refractivity contribution in [1.82, 2.24) is 15.5 Å². The van der Waals surface area contributed by atoms with Crippen LogP contribution in [0.25, 0.3) is 0 Å². The number of hydrogen-bond acceptors (Lipinski definition) is 4. The highest BCUT2D eigenvalue weighted by molar-refractivity contribution is 14.0. The molecule has 1 saturated heterocycles. The van der Waals surface area contributed by atoms with Gasteiger partial charge in [0.05, 0.1) is 11.8 Å². The molecule has 2 N–H and O–H groups in total. The number of nitrogens with one attached hydrogen (secondary N) is 2. The van der Waals surface area contributed by atoms with E-state index in [1.807, 2.05) is 6.92 Å². The highest BCUT2D eigenvalue weighted by Crippen LogP contribution is 2.52. The fourth-order valence-corrected chi connectivity index (χ4v) is 4.37. The summed E-state index contributed by atoms with van der Waals surface area (Å²) < 4.78 is 5.04. The van der Waals surface area contributed by atoms with Crippen molar-refractivity contribution in [2.24, 2.45) is 28.7 Å². The molecule has 1 heterocycles. The third kappa shape index (κ3) is 4.82. The minimum Gasteiger partial charge on any atom is -0.385 e. The number of carbonyl (C=O) groups is 2. The first-order valence-corrected chi connectivity index (χ1v) is 9.72. The number of ether oxygens (including phenoxy) is 1. The Balaban J connectivity index is 0.00000261. The summed E-state index contributed by atoms with van der Waals surface area (Å²) in [5.74, 6) is 1.20. The van der Waals surface area contributed by atoms with Crippen LogP contribution in [-0.4, -0.2) is 62.6 Å². The monoisotopic (exact) mass is 490 g/mol. The standard InChI is InChI=1S/C19H30N4O3.HI/c1-3-20-19(22-9-5-11-26-2)21-8-4-10-23-17(24)15-13-6-7-14(12-13)16(15)18(23)25;/h6-7,13-16H,3-5,8-12H2,1-2H3,(H2,20,21,22);1H. The minimum atomic E-state index is -0.0965. The molecule has 4 unspecified atom stereocenters. The summed E-state index contributed by atoms with van der Waals surface area (Å²) in [6.45, 7) is 5.37. The van der Waals surface area contributed by atoms with Crippen molar-refractivity contribution >= 4 is 41.8 Å². The summed E-state index contributed by atoms with van der Waals surface area (Å²) in [5, 5.41) is 6.46. The minimum absolute atomic E-state index is 0. The highest BCUT2D eigenvalue weighted by Gasteiger charge is 2.58. The second-order valence-corrected chi connectivity index (χ2v) is 7.22. The van der Waals surface area contributed by atoms with Gasteiger partial charge in [-0.05, 0) is 38.0 Å². The SMILES string of the molecule is CCNC(=NCCCN1C(=O)C2C3C=CC(C3)C2C1=O)NCCCOC.I. The van der Waals surface area contributed by atoms with Crippen LogP contribution in [0.1, 0.15) is 26.2 Å². The van der Waals surface area contributed by atoms with Gasteiger partial charge in [-0.2, -0.15) is 0 Å². The lowest BCUT2D eigenvalue weighted by Crippen LogP contribution is -2.38. The van der Waals surface area contributed by atoms with Crippen molar-refractivity contribution in [3.05, 3.63) is 12.2 Å². The van der Waals surface area contributed by atoms with Gasteiger partial charge in [-0.15, -0.1) is 24.0 Å². The van der Waals surface area contributed by atoms with Crippen molar-refractivity contribution < 1.29 is 14.3 Å². The molecule has 2 fully saturated rings. The van der Waals surface area contributed by atoms with Gasteiger partial charge in [0.2, 0.25) is 11.8 Å². The molecule has 2 amide bonds. The summed E-state index contributed by atoms with van der Waals surface area (Å²) in [6, 6.07) is 0. The zero-order valence-electron chi connectivity index (χ0n) is 16.1. The Hall–Kier alpha value is -1.16. The fourth-order valence-electron chi connectivity index (χ4n) is 4.37. The fraction of sp³-hybridized carbons (Fsp3) is 0.737. The van der Waals surface area contributed by atoms with Crippen molar-refractivity contribution in [2.45, 2.75) is 26.2 Å². The molecule has 3 rings (SSSR count). The van der Waals surface area contributed by atoms with E-state index < -0.39 is 0 Å². The molecule has 152 valence electrons. The van der Waals surface area contributed by atoms with Gasteiger partial charge in [-0.3, -0.25) is 19.5 Å². The topological polar surface area (TPSA) is 83.0 Å². The van der Waals surface area contributed by atoms with E-state index in [0.717, 1.165) is 31.9 Å². The number of fused-ring (bicyclic) bond motifs is 5. The van der Waals surface area contributed by atoms with Crippen LogP contribution in [0.2, 0.25) is 0 Å². The van der Waals surface area contributed by atoms with Crippen LogP contribution in [0.5, 0.6) is 0 Å². The Bertz CT molecular complexity index is 566. The maximum atomic E-state index is 12.6. The number of rotatable bonds is 9. The zero-order valence-corrected chi connectivity index (χ0v) is 18.5. The summed E-state index contributed by atoms with van der Waals surface area (Å²) in [7, 11) is 1.69. The van der Waals surface area contributed by atoms with E-state index in [0.29, 0.717) is 26.1 Å². The Morgan fingerprint density at radius 1 is 1.19 bits per heavy atom. The third-order valence-corrected chi connectivity index (χ3v) is 5.53. The van der Waals surface area contributed by atoms with Crippen LogP contribution in [-0.2, 0) is 14.3 Å². The Labute approximate surface area is 178 Å². The van der Waals surface area contributed by atoms with Crippen molar-refractivity contribution in [3.8, 4) is 0 Å². The summed E-state index contributed by atoms with van der Waals surface area (Å²) in [5.41, 5.74) is 0. The number of methoxy groups -OCH3 is 1. The Morgan fingerprint density at radius 3 is 2.44 bits per heavy atom. The second kappa shape index (κ2) is 10.4. The van der Waals surface area contributed by atoms with E-state index >= 15 is 0 Å². The zero-order chi connectivity index (χ0) is 18.5. The number of carbonyl (C=O) groups excluding carboxylic acids is 2. The van der Waals surface area contributed by atoms with Gasteiger partial charge in [0.15, 0.2) is 5.96 Å². The average Bonchev–Trinajstić information content (AvgIpc) is 3.31. The lowest BCUT2D eigenvalue weighted by molar-refractivity contribution is -0.140. The number of likely N-dealkylation sites (tertiary alicyclic amines) is 1. The molecule has 27 heavy (non-hydrogen) atoms. The average molecular weight is 490 g/mol. The maximum Gasteiger partial charge on any atom is 0.233 e. The highest BCUT2D eigenvalue weighted by atomic mass is 127. The van der Waals surface area contributed by atoms with Gasteiger partial charge in [0, 0.05) is 39.9 Å². The van der Waals surface area contributed by atoms with Gasteiger partial charge in [0.25, 0.3) is 0 Å². The quantitative estimate of drug-likeness (QED) is 0.128. The van der Waals surface area contributed by atoms with Crippen molar-refractivity contribution in [2.75, 3.05) is 39.9 Å². The molecule has 0 aromatic heterocycles. The van der Waals surface area contributed by atoms with Gasteiger partial charge in [0.1, 0.15) is 0 Å². The van der Waals surface area contributed by atoms with Crippen LogP contribution < -0.4 is 10.6 Å². The lowest BCUT2D eigenvalue weighted by Gasteiger charge is -2.17. The summed E-state index contributed by atoms with van der Waals surface area (Å²) in [4.78, 5) is 31.2. The van der Waals surface area contributed by atoms with E-state index in [1.165, 1.54) is 4.90 Å². The first-order chi connectivity index (χ1) is 12.7. The molecule has 0 aromatic carbocycles. The largest absolute Gasteiger partial charge is 0.385 e. The number of allylic oxidation sites excluding steroid dienone is 2. The maximum absolute atomic E-state index is 12.6. The number of guanidine groups is 1. The van der Waals surface area contributed by atoms with E-state index in [2.05, 4.69) is 27.8 Å². The number of halogens is 1. The van der Waals surface area contributed by atoms with Gasteiger partial charge in [-0.1, -0.05) is 12.2 Å². The molecule has 7 nitrogen and oxygen atoms in total. The number of nitrogens with zero attached hydrogens (tertiary/aromatic N) is 2. The molecular weight excluding hydrogens is 459 g/mol. The van der Waals surface area contributed by atoms with E-state index in [1.54, 1.807) is 7.11 Å². The first kappa shape index (κ1) is 22.1. The Kier molecular flexibility index (Phi) is 8.53. The molecular formula is C19H31IN4O3. The van der Waals surface area contributed by atoms with Crippen LogP contribution >= 0.6 is 24.0 Å². The van der Waals surface area contributed by atoms with E-state index in [-0.39, 0.29) is 59.5 Å². The van der Waals surface area contributed by atoms with Gasteiger partial charge >= 0.3 is 0 Å². The number of amides is 2. The molecule has 0 spiro atoms. The lowest BCUT2D eigenvalue weighted by atomic mass is 9.85. The molecule has 1 saturated carbocycles. The normalized spacial score (nSPS) is 28.5. The van der Waals surface area contributed by atoms with Crippen LogP contribution in [0.15, 0.2) is 17.1 Å². The van der Waals surface area contributed by atoms with Crippen LogP contribution in [0.4, 0.5) is 0 Å². The second-order valence-electron chi connectivity index (χ2n) is 7.22. The van der Waals surface area contributed by atoms with E-state index in [4.69, 9.17) is 4.74 Å². The molecule has 2 bridgehead atoms. The predicted octanol–water partition coefficient (Wildman–Crippen LogP) is 1.39. The Morgan fingerprint density at radius 2 is 1.85 bits per heavy atom. The molecule has 4 atom stereocenters. The van der Waals surface area contributed by atoms with Crippen LogP contribution in [0, 0.1) is 23.7 Å². The van der Waals surface area contributed by atoms with Crippen molar-refractivity contribution in [3.63, 3.8) is 0 Å². The molecule has 8 heteroatoms. The number of hydrogen-bond donors (Lipinski definition) is 2. The summed E-state index contributed by atoms with van der Waals surface area (Å²) in [6.07, 6.45) is 6.84. The van der Waals surface area contributed by atoms with Gasteiger partial charge in [-0.25, -0.2) is 0 Å². The molecule has 2 aliphatic carbocycles. The molecule has 0 radical (unpaired) electrons. The third-order valence-electron chi connectivity index (χ3n) is 5.53.